The number of pyridine rings is 1. The topological polar surface area (TPSA) is 56.7 Å². The minimum atomic E-state index is -0.678. The Labute approximate surface area is 132 Å². The molecule has 1 aromatic carbocycles. The maximum absolute atomic E-state index is 13.9. The van der Waals surface area contributed by atoms with Gasteiger partial charge in [-0.2, -0.15) is 5.10 Å². The number of fused-ring (bicyclic) bond motifs is 1. The summed E-state index contributed by atoms with van der Waals surface area (Å²) in [6.07, 6.45) is 4.30. The number of nitrogens with two attached hydrogens (primary N) is 1. The first-order valence-electron chi connectivity index (χ1n) is 7.52. The van der Waals surface area contributed by atoms with Gasteiger partial charge in [0.2, 0.25) is 0 Å². The first-order chi connectivity index (χ1) is 11.0. The van der Waals surface area contributed by atoms with E-state index in [-0.39, 0.29) is 23.7 Å². The Morgan fingerprint density at radius 1 is 1.17 bits per heavy atom. The smallest absolute Gasteiger partial charge is 0.152 e. The SMILES string of the molecule is CC(C)n1cc2ncc(CCc3c(F)ccc(N)c3F)cc2n1. The van der Waals surface area contributed by atoms with Crippen molar-refractivity contribution < 1.29 is 8.78 Å². The fourth-order valence-corrected chi connectivity index (χ4v) is 2.48. The summed E-state index contributed by atoms with van der Waals surface area (Å²) in [7, 11) is 0. The Balaban J connectivity index is 1.84. The molecular formula is C17H18F2N4. The van der Waals surface area contributed by atoms with Crippen molar-refractivity contribution in [2.24, 2.45) is 0 Å². The van der Waals surface area contributed by atoms with Gasteiger partial charge in [-0.15, -0.1) is 0 Å². The van der Waals surface area contributed by atoms with Crippen LogP contribution in [-0.4, -0.2) is 14.8 Å². The first kappa shape index (κ1) is 15.4. The molecule has 2 heterocycles. The molecule has 0 radical (unpaired) electrons. The number of benzene rings is 1. The number of halogens is 2. The van der Waals surface area contributed by atoms with Gasteiger partial charge in [0.1, 0.15) is 16.9 Å². The van der Waals surface area contributed by atoms with Crippen LogP contribution in [0, 0.1) is 11.6 Å². The molecular weight excluding hydrogens is 298 g/mol. The molecule has 0 aliphatic carbocycles. The molecule has 0 aliphatic rings. The molecule has 0 saturated carbocycles. The lowest BCUT2D eigenvalue weighted by molar-refractivity contribution is 0.537. The van der Waals surface area contributed by atoms with Crippen LogP contribution in [0.4, 0.5) is 14.5 Å². The van der Waals surface area contributed by atoms with E-state index in [1.807, 2.05) is 30.8 Å². The Kier molecular flexibility index (Phi) is 3.98. The summed E-state index contributed by atoms with van der Waals surface area (Å²) in [5.41, 5.74) is 7.95. The van der Waals surface area contributed by atoms with Gasteiger partial charge in [-0.05, 0) is 50.5 Å². The average Bonchev–Trinajstić information content (AvgIpc) is 2.94. The van der Waals surface area contributed by atoms with Crippen LogP contribution >= 0.6 is 0 Å². The van der Waals surface area contributed by atoms with E-state index < -0.39 is 11.6 Å². The van der Waals surface area contributed by atoms with E-state index in [0.717, 1.165) is 16.6 Å². The standard InChI is InChI=1S/C17H18F2N4/c1-10(2)23-9-16-15(22-23)7-11(8-21-16)3-4-12-13(18)5-6-14(20)17(12)19/h5-10H,3-4,20H2,1-2H3. The van der Waals surface area contributed by atoms with Crippen LogP contribution in [0.25, 0.3) is 11.0 Å². The highest BCUT2D eigenvalue weighted by atomic mass is 19.1. The van der Waals surface area contributed by atoms with Crippen LogP contribution < -0.4 is 5.73 Å². The second-order valence-electron chi connectivity index (χ2n) is 5.88. The van der Waals surface area contributed by atoms with Crippen LogP contribution in [0.15, 0.2) is 30.6 Å². The van der Waals surface area contributed by atoms with E-state index in [2.05, 4.69) is 10.1 Å². The van der Waals surface area contributed by atoms with Crippen molar-refractivity contribution in [2.75, 3.05) is 5.73 Å². The third-order valence-electron chi connectivity index (χ3n) is 3.84. The summed E-state index contributed by atoms with van der Waals surface area (Å²) in [6.45, 7) is 4.08. The lowest BCUT2D eigenvalue weighted by atomic mass is 10.0. The number of aryl methyl sites for hydroxylation is 1. The van der Waals surface area contributed by atoms with Crippen LogP contribution in [0.2, 0.25) is 0 Å². The molecule has 0 atom stereocenters. The number of aromatic nitrogens is 3. The molecule has 0 saturated heterocycles. The number of anilines is 1. The van der Waals surface area contributed by atoms with Crippen LogP contribution in [0.5, 0.6) is 0 Å². The highest BCUT2D eigenvalue weighted by Gasteiger charge is 2.13. The van der Waals surface area contributed by atoms with E-state index in [4.69, 9.17) is 5.73 Å². The molecule has 4 nitrogen and oxygen atoms in total. The van der Waals surface area contributed by atoms with Crippen LogP contribution in [0.3, 0.4) is 0 Å². The summed E-state index contributed by atoms with van der Waals surface area (Å²) < 4.78 is 29.5. The van der Waals surface area contributed by atoms with Crippen molar-refractivity contribution in [2.45, 2.75) is 32.7 Å². The van der Waals surface area contributed by atoms with E-state index in [9.17, 15) is 8.78 Å². The molecule has 120 valence electrons. The largest absolute Gasteiger partial charge is 0.396 e. The monoisotopic (exact) mass is 316 g/mol. The highest BCUT2D eigenvalue weighted by molar-refractivity contribution is 5.73. The minimum Gasteiger partial charge on any atom is -0.396 e. The normalized spacial score (nSPS) is 11.5. The van der Waals surface area contributed by atoms with Gasteiger partial charge in [0, 0.05) is 17.8 Å². The molecule has 2 N–H and O–H groups in total. The van der Waals surface area contributed by atoms with E-state index >= 15 is 0 Å². The number of hydrogen-bond acceptors (Lipinski definition) is 3. The molecule has 3 aromatic rings. The first-order valence-corrected chi connectivity index (χ1v) is 7.52. The van der Waals surface area contributed by atoms with Gasteiger partial charge in [-0.25, -0.2) is 8.78 Å². The summed E-state index contributed by atoms with van der Waals surface area (Å²) >= 11 is 0. The van der Waals surface area contributed by atoms with Crippen molar-refractivity contribution >= 4 is 16.7 Å². The third-order valence-corrected chi connectivity index (χ3v) is 3.84. The molecule has 3 rings (SSSR count). The molecule has 2 aromatic heterocycles. The van der Waals surface area contributed by atoms with Gasteiger partial charge in [0.05, 0.1) is 11.9 Å². The number of nitrogens with zero attached hydrogens (tertiary/aromatic N) is 3. The summed E-state index contributed by atoms with van der Waals surface area (Å²) in [5, 5.41) is 4.46. The van der Waals surface area contributed by atoms with Gasteiger partial charge < -0.3 is 5.73 Å². The average molecular weight is 316 g/mol. The fourth-order valence-electron chi connectivity index (χ4n) is 2.48. The molecule has 0 spiro atoms. The van der Waals surface area contributed by atoms with Crippen molar-refractivity contribution in [1.82, 2.24) is 14.8 Å². The lowest BCUT2D eigenvalue weighted by Crippen LogP contribution is -2.02. The van der Waals surface area contributed by atoms with Crippen molar-refractivity contribution in [3.63, 3.8) is 0 Å². The number of hydrogen-bond donors (Lipinski definition) is 1. The second-order valence-corrected chi connectivity index (χ2v) is 5.88. The third kappa shape index (κ3) is 3.02. The zero-order chi connectivity index (χ0) is 16.6. The minimum absolute atomic E-state index is 0.0119. The van der Waals surface area contributed by atoms with Gasteiger partial charge in [0.25, 0.3) is 0 Å². The molecule has 0 bridgehead atoms. The second kappa shape index (κ2) is 5.95. The summed E-state index contributed by atoms with van der Waals surface area (Å²) in [6, 6.07) is 4.59. The Hall–Kier alpha value is -2.50. The lowest BCUT2D eigenvalue weighted by Gasteiger charge is -2.07. The van der Waals surface area contributed by atoms with Crippen LogP contribution in [-0.2, 0) is 12.8 Å². The van der Waals surface area contributed by atoms with Crippen molar-refractivity contribution in [1.29, 1.82) is 0 Å². The van der Waals surface area contributed by atoms with Gasteiger partial charge in [-0.1, -0.05) is 0 Å². The molecule has 6 heteroatoms. The quantitative estimate of drug-likeness (QED) is 0.747. The number of rotatable bonds is 4. The molecule has 0 unspecified atom stereocenters. The molecule has 0 fully saturated rings. The Bertz CT molecular complexity index is 855. The highest BCUT2D eigenvalue weighted by Crippen LogP contribution is 2.21. The van der Waals surface area contributed by atoms with Gasteiger partial charge >= 0.3 is 0 Å². The molecule has 0 amide bonds. The fraction of sp³-hybridized carbons (Fsp3) is 0.294. The van der Waals surface area contributed by atoms with Crippen molar-refractivity contribution in [3.05, 3.63) is 53.4 Å². The van der Waals surface area contributed by atoms with Gasteiger partial charge in [-0.3, -0.25) is 9.67 Å². The summed E-state index contributed by atoms with van der Waals surface area (Å²) in [5.74, 6) is -1.25. The van der Waals surface area contributed by atoms with E-state index in [0.29, 0.717) is 6.42 Å². The molecule has 0 aliphatic heterocycles. The Morgan fingerprint density at radius 2 is 1.96 bits per heavy atom. The van der Waals surface area contributed by atoms with E-state index in [1.54, 1.807) is 6.20 Å². The zero-order valence-corrected chi connectivity index (χ0v) is 13.1. The number of nitrogen functional groups attached to an aromatic ring is 1. The predicted octanol–water partition coefficient (Wildman–Crippen LogP) is 3.66. The maximum Gasteiger partial charge on any atom is 0.152 e. The predicted molar refractivity (Wildman–Crippen MR) is 86.1 cm³/mol. The Morgan fingerprint density at radius 3 is 2.70 bits per heavy atom. The van der Waals surface area contributed by atoms with Gasteiger partial charge in [0.15, 0.2) is 5.82 Å². The summed E-state index contributed by atoms with van der Waals surface area (Å²) in [4.78, 5) is 4.36. The van der Waals surface area contributed by atoms with E-state index in [1.165, 1.54) is 12.1 Å². The molecule has 23 heavy (non-hydrogen) atoms. The van der Waals surface area contributed by atoms with Crippen LogP contribution in [0.1, 0.15) is 31.0 Å². The van der Waals surface area contributed by atoms with Crippen molar-refractivity contribution in [3.8, 4) is 0 Å². The zero-order valence-electron chi connectivity index (χ0n) is 13.1. The maximum atomic E-state index is 13.9.